The maximum Gasteiger partial charge on any atom is 0.419 e. The molecular formula is C12H16F3NO2. The van der Waals surface area contributed by atoms with E-state index < -0.39 is 11.7 Å². The molecule has 0 spiro atoms. The first-order valence-corrected chi connectivity index (χ1v) is 5.54. The normalized spacial score (nSPS) is 11.6. The van der Waals surface area contributed by atoms with Gasteiger partial charge in [-0.1, -0.05) is 6.07 Å². The summed E-state index contributed by atoms with van der Waals surface area (Å²) in [5.74, 6) is -0.212. The fraction of sp³-hybridized carbons (Fsp3) is 0.500. The minimum atomic E-state index is -4.44. The van der Waals surface area contributed by atoms with E-state index in [9.17, 15) is 13.2 Å². The minimum absolute atomic E-state index is 0.190. The van der Waals surface area contributed by atoms with Crippen LogP contribution in [0.2, 0.25) is 0 Å². The highest BCUT2D eigenvalue weighted by atomic mass is 19.4. The van der Waals surface area contributed by atoms with Gasteiger partial charge in [-0.15, -0.1) is 0 Å². The van der Waals surface area contributed by atoms with E-state index in [0.717, 1.165) is 6.07 Å². The van der Waals surface area contributed by atoms with Crippen molar-refractivity contribution in [3.8, 4) is 5.75 Å². The lowest BCUT2D eigenvalue weighted by Gasteiger charge is -2.15. The van der Waals surface area contributed by atoms with Crippen LogP contribution in [-0.2, 0) is 17.5 Å². The van der Waals surface area contributed by atoms with Gasteiger partial charge in [-0.25, -0.2) is 0 Å². The van der Waals surface area contributed by atoms with Gasteiger partial charge >= 0.3 is 6.18 Å². The van der Waals surface area contributed by atoms with Crippen LogP contribution in [0.25, 0.3) is 0 Å². The third kappa shape index (κ3) is 4.19. The Morgan fingerprint density at radius 1 is 1.28 bits per heavy atom. The summed E-state index contributed by atoms with van der Waals surface area (Å²) in [6.45, 7) is 2.31. The van der Waals surface area contributed by atoms with Gasteiger partial charge in [0, 0.05) is 13.2 Å². The van der Waals surface area contributed by atoms with Gasteiger partial charge < -0.3 is 14.8 Å². The Bertz CT molecular complexity index is 380. The zero-order chi connectivity index (χ0) is 13.6. The molecule has 0 atom stereocenters. The van der Waals surface area contributed by atoms with Gasteiger partial charge in [-0.05, 0) is 31.7 Å². The predicted octanol–water partition coefficient (Wildman–Crippen LogP) is 2.80. The van der Waals surface area contributed by atoms with Crippen molar-refractivity contribution in [3.05, 3.63) is 29.3 Å². The molecule has 102 valence electrons. The second-order valence-corrected chi connectivity index (χ2v) is 3.61. The standard InChI is InChI=1S/C12H16F3NO2/c1-3-17-8-18-11-5-4-9(7-16-2)6-10(11)12(13,14)15/h4-6,16H,3,7-8H2,1-2H3. The summed E-state index contributed by atoms with van der Waals surface area (Å²) in [5, 5.41) is 2.80. The maximum atomic E-state index is 12.8. The zero-order valence-electron chi connectivity index (χ0n) is 10.3. The van der Waals surface area contributed by atoms with Gasteiger partial charge in [-0.3, -0.25) is 0 Å². The summed E-state index contributed by atoms with van der Waals surface area (Å²) in [7, 11) is 1.67. The van der Waals surface area contributed by atoms with E-state index in [-0.39, 0.29) is 12.5 Å². The van der Waals surface area contributed by atoms with Crippen molar-refractivity contribution in [1.82, 2.24) is 5.32 Å². The number of alkyl halides is 3. The Morgan fingerprint density at radius 3 is 2.56 bits per heavy atom. The van der Waals surface area contributed by atoms with Crippen molar-refractivity contribution in [2.45, 2.75) is 19.6 Å². The molecule has 0 aliphatic rings. The number of halogens is 3. The number of nitrogens with one attached hydrogen (secondary N) is 1. The number of hydrogen-bond donors (Lipinski definition) is 1. The van der Waals surface area contributed by atoms with Crippen LogP contribution in [0.3, 0.4) is 0 Å². The van der Waals surface area contributed by atoms with Crippen LogP contribution in [-0.4, -0.2) is 20.4 Å². The number of rotatable bonds is 6. The van der Waals surface area contributed by atoms with Crippen molar-refractivity contribution in [1.29, 1.82) is 0 Å². The summed E-state index contributed by atoms with van der Waals surface area (Å²) in [4.78, 5) is 0. The van der Waals surface area contributed by atoms with E-state index in [1.54, 1.807) is 20.0 Å². The average Bonchev–Trinajstić information content (AvgIpc) is 2.30. The first kappa shape index (κ1) is 14.8. The average molecular weight is 263 g/mol. The highest BCUT2D eigenvalue weighted by molar-refractivity contribution is 5.39. The van der Waals surface area contributed by atoms with Crippen LogP contribution in [0.15, 0.2) is 18.2 Å². The third-order valence-electron chi connectivity index (χ3n) is 2.23. The van der Waals surface area contributed by atoms with Crippen molar-refractivity contribution < 1.29 is 22.6 Å². The lowest BCUT2D eigenvalue weighted by Crippen LogP contribution is -2.13. The molecule has 1 aromatic carbocycles. The van der Waals surface area contributed by atoms with Gasteiger partial charge in [0.2, 0.25) is 0 Å². The van der Waals surface area contributed by atoms with E-state index in [1.807, 2.05) is 0 Å². The molecule has 0 bridgehead atoms. The maximum absolute atomic E-state index is 12.8. The molecule has 18 heavy (non-hydrogen) atoms. The van der Waals surface area contributed by atoms with Gasteiger partial charge in [0.05, 0.1) is 5.56 Å². The molecule has 3 nitrogen and oxygen atoms in total. The fourth-order valence-electron chi connectivity index (χ4n) is 1.43. The summed E-state index contributed by atoms with van der Waals surface area (Å²) in [6.07, 6.45) is -4.44. The van der Waals surface area contributed by atoms with Crippen LogP contribution in [0.4, 0.5) is 13.2 Å². The van der Waals surface area contributed by atoms with Crippen molar-refractivity contribution >= 4 is 0 Å². The summed E-state index contributed by atoms with van der Waals surface area (Å²) < 4.78 is 48.4. The van der Waals surface area contributed by atoms with Gasteiger partial charge in [-0.2, -0.15) is 13.2 Å². The van der Waals surface area contributed by atoms with Gasteiger partial charge in [0.1, 0.15) is 5.75 Å². The van der Waals surface area contributed by atoms with E-state index >= 15 is 0 Å². The van der Waals surface area contributed by atoms with Crippen LogP contribution in [0, 0.1) is 0 Å². The van der Waals surface area contributed by atoms with Crippen LogP contribution in [0.5, 0.6) is 5.75 Å². The molecule has 0 heterocycles. The van der Waals surface area contributed by atoms with Gasteiger partial charge in [0.15, 0.2) is 6.79 Å². The number of benzene rings is 1. The first-order valence-electron chi connectivity index (χ1n) is 5.54. The predicted molar refractivity (Wildman–Crippen MR) is 61.3 cm³/mol. The quantitative estimate of drug-likeness (QED) is 0.632. The molecule has 0 unspecified atom stereocenters. The monoisotopic (exact) mass is 263 g/mol. The number of ether oxygens (including phenoxy) is 2. The molecule has 0 saturated heterocycles. The summed E-state index contributed by atoms with van der Waals surface area (Å²) in [6, 6.07) is 3.99. The van der Waals surface area contributed by atoms with E-state index in [0.29, 0.717) is 18.7 Å². The van der Waals surface area contributed by atoms with Crippen molar-refractivity contribution in [2.24, 2.45) is 0 Å². The Labute approximate surface area is 104 Å². The number of hydrogen-bond acceptors (Lipinski definition) is 3. The highest BCUT2D eigenvalue weighted by Gasteiger charge is 2.34. The first-order chi connectivity index (χ1) is 8.49. The molecule has 0 saturated carbocycles. The molecule has 6 heteroatoms. The molecule has 0 radical (unpaired) electrons. The fourth-order valence-corrected chi connectivity index (χ4v) is 1.43. The Kier molecular flexibility index (Phi) is 5.43. The molecule has 0 aliphatic heterocycles. The Morgan fingerprint density at radius 2 is 2.00 bits per heavy atom. The second kappa shape index (κ2) is 6.61. The molecule has 1 rings (SSSR count). The lowest BCUT2D eigenvalue weighted by atomic mass is 10.1. The van der Waals surface area contributed by atoms with E-state index in [4.69, 9.17) is 9.47 Å². The van der Waals surface area contributed by atoms with Gasteiger partial charge in [0.25, 0.3) is 0 Å². The van der Waals surface area contributed by atoms with Crippen LogP contribution >= 0.6 is 0 Å². The lowest BCUT2D eigenvalue weighted by molar-refractivity contribution is -0.139. The van der Waals surface area contributed by atoms with Crippen LogP contribution < -0.4 is 10.1 Å². The highest BCUT2D eigenvalue weighted by Crippen LogP contribution is 2.36. The van der Waals surface area contributed by atoms with E-state index in [1.165, 1.54) is 6.07 Å². The summed E-state index contributed by atoms with van der Waals surface area (Å²) in [5.41, 5.74) is -0.233. The van der Waals surface area contributed by atoms with E-state index in [2.05, 4.69) is 5.32 Å². The van der Waals surface area contributed by atoms with Crippen LogP contribution in [0.1, 0.15) is 18.1 Å². The topological polar surface area (TPSA) is 30.5 Å². The smallest absolute Gasteiger partial charge is 0.419 e. The molecule has 1 N–H and O–H groups in total. The summed E-state index contributed by atoms with van der Waals surface area (Å²) >= 11 is 0. The molecule has 1 aromatic rings. The molecule has 0 amide bonds. The molecule has 0 aliphatic carbocycles. The van der Waals surface area contributed by atoms with Crippen molar-refractivity contribution in [2.75, 3.05) is 20.4 Å². The molecule has 0 aromatic heterocycles. The molecular weight excluding hydrogens is 247 g/mol. The minimum Gasteiger partial charge on any atom is -0.467 e. The zero-order valence-corrected chi connectivity index (χ0v) is 10.3. The largest absolute Gasteiger partial charge is 0.467 e. The SMILES string of the molecule is CCOCOc1ccc(CNC)cc1C(F)(F)F. The molecule has 0 fully saturated rings. The second-order valence-electron chi connectivity index (χ2n) is 3.61. The van der Waals surface area contributed by atoms with Crippen molar-refractivity contribution in [3.63, 3.8) is 0 Å². The Balaban J connectivity index is 2.94. The third-order valence-corrected chi connectivity index (χ3v) is 2.23. The Hall–Kier alpha value is -1.27.